The maximum Gasteiger partial charge on any atom is 0.485 e. The van der Waals surface area contributed by atoms with E-state index < -0.39 is 25.7 Å². The van der Waals surface area contributed by atoms with Crippen LogP contribution in [0.25, 0.3) is 0 Å². The summed E-state index contributed by atoms with van der Waals surface area (Å²) in [6, 6.07) is 21.1. The Kier molecular flexibility index (Phi) is 15.2. The van der Waals surface area contributed by atoms with Crippen LogP contribution >= 0.6 is 0 Å². The number of alkyl halides is 3. The van der Waals surface area contributed by atoms with Gasteiger partial charge in [0.2, 0.25) is 0 Å². The second-order valence-corrected chi connectivity index (χ2v) is 12.9. The molecule has 2 aromatic rings. The molecule has 0 fully saturated rings. The van der Waals surface area contributed by atoms with E-state index in [-0.39, 0.29) is 0 Å². The van der Waals surface area contributed by atoms with Gasteiger partial charge in [0.25, 0.3) is 0 Å². The standard InChI is InChI=1S/2C8H11S.CHF3O3S.CH4O3S/c2*1-9(2)8-6-4-3-5-7-8;2-1(3,4)8(5,6)7;1-5(2,3)4/h2*3-7H,1-2H3;(H,5,6,7);1H3,(H,2,3,4)/q2*+1;;/p-2. The number of hydrogen-bond donors (Lipinski definition) is 0. The maximum atomic E-state index is 10.7. The minimum atomic E-state index is -6.09. The third kappa shape index (κ3) is 20.4. The largest absolute Gasteiger partial charge is 0.748 e. The van der Waals surface area contributed by atoms with Crippen LogP contribution in [-0.2, 0) is 42.0 Å². The van der Waals surface area contributed by atoms with Gasteiger partial charge in [-0.05, 0) is 24.3 Å². The van der Waals surface area contributed by atoms with Crippen molar-refractivity contribution in [1.82, 2.24) is 0 Å². The summed E-state index contributed by atoms with van der Waals surface area (Å²) in [5.74, 6) is 0. The Balaban J connectivity index is 0. The van der Waals surface area contributed by atoms with Crippen LogP contribution in [0.5, 0.6) is 0 Å². The van der Waals surface area contributed by atoms with Gasteiger partial charge < -0.3 is 9.11 Å². The topological polar surface area (TPSA) is 114 Å². The minimum absolute atomic E-state index is 0.421. The summed E-state index contributed by atoms with van der Waals surface area (Å²) >= 11 is 0. The lowest BCUT2D eigenvalue weighted by Gasteiger charge is -2.08. The maximum absolute atomic E-state index is 10.7. The van der Waals surface area contributed by atoms with Crippen molar-refractivity contribution in [3.05, 3.63) is 60.7 Å². The van der Waals surface area contributed by atoms with E-state index in [0.717, 1.165) is 0 Å². The van der Waals surface area contributed by atoms with Crippen molar-refractivity contribution in [2.45, 2.75) is 15.3 Å². The van der Waals surface area contributed by atoms with Crippen molar-refractivity contribution in [3.63, 3.8) is 0 Å². The zero-order chi connectivity index (χ0) is 24.9. The summed E-state index contributed by atoms with van der Waals surface area (Å²) in [6.45, 7) is 0. The summed E-state index contributed by atoms with van der Waals surface area (Å²) in [4.78, 5) is 2.88. The molecule has 0 bridgehead atoms. The van der Waals surface area contributed by atoms with Gasteiger partial charge in [0.05, 0.1) is 10.1 Å². The van der Waals surface area contributed by atoms with Gasteiger partial charge in [-0.1, -0.05) is 36.4 Å². The van der Waals surface area contributed by atoms with E-state index in [2.05, 4.69) is 85.7 Å². The summed E-state index contributed by atoms with van der Waals surface area (Å²) in [7, 11) is -9.16. The molecule has 0 heterocycles. The Bertz CT molecular complexity index is 880. The molecule has 0 spiro atoms. The van der Waals surface area contributed by atoms with Crippen molar-refractivity contribution in [1.29, 1.82) is 0 Å². The number of benzene rings is 2. The molecular formula is C18H25F3O6S4. The molecule has 0 radical (unpaired) electrons. The van der Waals surface area contributed by atoms with E-state index in [1.807, 2.05) is 0 Å². The predicted molar refractivity (Wildman–Crippen MR) is 119 cm³/mol. The molecule has 13 heteroatoms. The lowest BCUT2D eigenvalue weighted by Crippen LogP contribution is -2.21. The second-order valence-electron chi connectivity index (χ2n) is 5.86. The normalized spacial score (nSPS) is 11.4. The molecule has 0 amide bonds. The van der Waals surface area contributed by atoms with Gasteiger partial charge in [-0.3, -0.25) is 0 Å². The van der Waals surface area contributed by atoms with Gasteiger partial charge in [-0.2, -0.15) is 13.2 Å². The van der Waals surface area contributed by atoms with Crippen molar-refractivity contribution in [2.75, 3.05) is 31.3 Å². The molecule has 178 valence electrons. The molecule has 0 saturated heterocycles. The van der Waals surface area contributed by atoms with Gasteiger partial charge in [-0.15, -0.1) is 0 Å². The van der Waals surface area contributed by atoms with E-state index >= 15 is 0 Å². The van der Waals surface area contributed by atoms with E-state index in [4.69, 9.17) is 25.9 Å². The lowest BCUT2D eigenvalue weighted by molar-refractivity contribution is -0.0517. The van der Waals surface area contributed by atoms with Crippen LogP contribution in [0.15, 0.2) is 70.5 Å². The summed E-state index contributed by atoms with van der Waals surface area (Å²) in [5.41, 5.74) is -5.65. The first-order valence-electron chi connectivity index (χ1n) is 8.04. The van der Waals surface area contributed by atoms with Crippen molar-refractivity contribution >= 4 is 42.0 Å². The highest BCUT2D eigenvalue weighted by molar-refractivity contribution is 7.95. The first kappa shape index (κ1) is 31.9. The van der Waals surface area contributed by atoms with Gasteiger partial charge >= 0.3 is 5.51 Å². The van der Waals surface area contributed by atoms with Gasteiger partial charge in [0.15, 0.2) is 19.9 Å². The molecule has 0 aliphatic heterocycles. The Hall–Kier alpha value is -1.25. The first-order valence-corrected chi connectivity index (χ1v) is 15.3. The summed E-state index contributed by atoms with van der Waals surface area (Å²) < 4.78 is 86.1. The smallest absolute Gasteiger partial charge is 0.485 e. The van der Waals surface area contributed by atoms with E-state index in [9.17, 15) is 13.2 Å². The molecule has 0 aliphatic rings. The fourth-order valence-electron chi connectivity index (χ4n) is 1.39. The second kappa shape index (κ2) is 14.7. The van der Waals surface area contributed by atoms with Crippen LogP contribution < -0.4 is 0 Å². The van der Waals surface area contributed by atoms with Gasteiger partial charge in [-0.25, -0.2) is 16.8 Å². The average molecular weight is 523 g/mol. The van der Waals surface area contributed by atoms with E-state index in [1.54, 1.807) is 0 Å². The molecule has 0 atom stereocenters. The molecular weight excluding hydrogens is 497 g/mol. The van der Waals surface area contributed by atoms with Crippen LogP contribution in [-0.4, -0.2) is 62.7 Å². The Morgan fingerprint density at radius 3 is 0.968 bits per heavy atom. The van der Waals surface area contributed by atoms with Crippen LogP contribution in [0.3, 0.4) is 0 Å². The SMILES string of the molecule is CS(=O)(=O)[O-].C[S+](C)c1ccccc1.C[S+](C)c1ccccc1.O=S(=O)([O-])C(F)(F)F. The molecule has 2 aromatic carbocycles. The van der Waals surface area contributed by atoms with Crippen molar-refractivity contribution < 1.29 is 39.1 Å². The number of hydrogen-bond acceptors (Lipinski definition) is 6. The highest BCUT2D eigenvalue weighted by Gasteiger charge is 2.36. The lowest BCUT2D eigenvalue weighted by atomic mass is 10.4. The predicted octanol–water partition coefficient (Wildman–Crippen LogP) is 3.06. The Morgan fingerprint density at radius 2 is 0.871 bits per heavy atom. The molecule has 0 saturated carbocycles. The summed E-state index contributed by atoms with van der Waals surface area (Å²) in [5, 5.41) is 0. The molecule has 2 rings (SSSR count). The number of rotatable bonds is 2. The van der Waals surface area contributed by atoms with Gasteiger partial charge in [0, 0.05) is 28.0 Å². The molecule has 31 heavy (non-hydrogen) atoms. The fourth-order valence-corrected chi connectivity index (χ4v) is 2.79. The number of halogens is 3. The highest BCUT2D eigenvalue weighted by Crippen LogP contribution is 2.20. The molecule has 0 unspecified atom stereocenters. The van der Waals surface area contributed by atoms with E-state index in [1.165, 1.54) is 9.79 Å². The monoisotopic (exact) mass is 522 g/mol. The molecule has 0 aromatic heterocycles. The van der Waals surface area contributed by atoms with Crippen LogP contribution in [0.1, 0.15) is 0 Å². The molecule has 6 nitrogen and oxygen atoms in total. The zero-order valence-electron chi connectivity index (χ0n) is 17.5. The highest BCUT2D eigenvalue weighted by atomic mass is 32.2. The van der Waals surface area contributed by atoms with Crippen LogP contribution in [0.2, 0.25) is 0 Å². The van der Waals surface area contributed by atoms with Crippen LogP contribution in [0, 0.1) is 0 Å². The van der Waals surface area contributed by atoms with Crippen molar-refractivity contribution in [2.24, 2.45) is 0 Å². The van der Waals surface area contributed by atoms with Crippen molar-refractivity contribution in [3.8, 4) is 0 Å². The first-order chi connectivity index (χ1) is 13.9. The minimum Gasteiger partial charge on any atom is -0.748 e. The summed E-state index contributed by atoms with van der Waals surface area (Å²) in [6.07, 6.45) is 9.53. The average Bonchev–Trinajstić information content (AvgIpc) is 2.61. The Morgan fingerprint density at radius 1 is 0.677 bits per heavy atom. The Labute approximate surface area is 188 Å². The fraction of sp³-hybridized carbons (Fsp3) is 0.333. The zero-order valence-corrected chi connectivity index (χ0v) is 20.8. The third-order valence-corrected chi connectivity index (χ3v) is 5.71. The van der Waals surface area contributed by atoms with Gasteiger partial charge in [0.1, 0.15) is 25.0 Å². The van der Waals surface area contributed by atoms with Crippen LogP contribution in [0.4, 0.5) is 13.2 Å². The quantitative estimate of drug-likeness (QED) is 0.340. The van der Waals surface area contributed by atoms with E-state index in [0.29, 0.717) is 28.0 Å². The molecule has 0 aliphatic carbocycles. The third-order valence-electron chi connectivity index (χ3n) is 2.71. The molecule has 0 N–H and O–H groups in total.